The first-order valence-corrected chi connectivity index (χ1v) is 8.78. The molecule has 0 radical (unpaired) electrons. The van der Waals surface area contributed by atoms with Gasteiger partial charge >= 0.3 is 0 Å². The van der Waals surface area contributed by atoms with Crippen molar-refractivity contribution in [1.29, 1.82) is 0 Å². The fraction of sp³-hybridized carbons (Fsp3) is 0.375. The number of aryl methyl sites for hydroxylation is 1. The van der Waals surface area contributed by atoms with Gasteiger partial charge in [0.2, 0.25) is 0 Å². The summed E-state index contributed by atoms with van der Waals surface area (Å²) in [4.78, 5) is 2.41. The molecule has 21 heavy (non-hydrogen) atoms. The van der Waals surface area contributed by atoms with Crippen LogP contribution in [-0.4, -0.2) is 25.1 Å². The Morgan fingerprint density at radius 3 is 2.43 bits per heavy atom. The number of thiophene rings is 1. The first-order chi connectivity index (χ1) is 10.2. The molecule has 0 fully saturated rings. The zero-order valence-electron chi connectivity index (χ0n) is 12.1. The van der Waals surface area contributed by atoms with Gasteiger partial charge in [0.25, 0.3) is 0 Å². The van der Waals surface area contributed by atoms with E-state index >= 15 is 0 Å². The van der Waals surface area contributed by atoms with Gasteiger partial charge in [-0.25, -0.2) is 0 Å². The number of aliphatic hydroxyl groups excluding tert-OH is 1. The second-order valence-electron chi connectivity index (χ2n) is 4.95. The van der Waals surface area contributed by atoms with E-state index < -0.39 is 6.10 Å². The summed E-state index contributed by atoms with van der Waals surface area (Å²) in [5.41, 5.74) is 2.18. The van der Waals surface area contributed by atoms with Gasteiger partial charge < -0.3 is 14.6 Å². The van der Waals surface area contributed by atoms with Gasteiger partial charge in [-0.1, -0.05) is 0 Å². The van der Waals surface area contributed by atoms with E-state index in [9.17, 15) is 5.11 Å². The molecule has 1 atom stereocenters. The molecule has 1 aliphatic rings. The summed E-state index contributed by atoms with van der Waals surface area (Å²) in [6, 6.07) is 7.68. The minimum absolute atomic E-state index is 0.630. The smallest absolute Gasteiger partial charge is 0.122 e. The van der Waals surface area contributed by atoms with Gasteiger partial charge in [0.05, 0.1) is 14.2 Å². The third kappa shape index (κ3) is 3.05. The number of rotatable bonds is 4. The second-order valence-corrected chi connectivity index (χ2v) is 7.22. The molecule has 2 aromatic rings. The minimum Gasteiger partial charge on any atom is -0.497 e. The van der Waals surface area contributed by atoms with E-state index in [1.807, 2.05) is 30.0 Å². The summed E-state index contributed by atoms with van der Waals surface area (Å²) in [5, 5.41) is 10.7. The largest absolute Gasteiger partial charge is 0.497 e. The minimum atomic E-state index is -0.630. The van der Waals surface area contributed by atoms with Gasteiger partial charge in [-0.15, -0.1) is 11.3 Å². The highest BCUT2D eigenvalue weighted by Crippen LogP contribution is 2.38. The molecule has 1 unspecified atom stereocenters. The number of benzene rings is 1. The fourth-order valence-corrected chi connectivity index (χ4v) is 4.85. The molecule has 5 heteroatoms. The van der Waals surface area contributed by atoms with Gasteiger partial charge in [0, 0.05) is 21.6 Å². The lowest BCUT2D eigenvalue weighted by molar-refractivity contribution is 0.223. The predicted octanol–water partition coefficient (Wildman–Crippen LogP) is 3.64. The Morgan fingerprint density at radius 2 is 1.81 bits per heavy atom. The van der Waals surface area contributed by atoms with Crippen LogP contribution in [0.25, 0.3) is 0 Å². The third-order valence-electron chi connectivity index (χ3n) is 3.61. The molecular weight excluding hydrogens is 304 g/mol. The van der Waals surface area contributed by atoms with Crippen molar-refractivity contribution in [3.05, 3.63) is 45.1 Å². The molecule has 0 spiro atoms. The van der Waals surface area contributed by atoms with Crippen LogP contribution in [-0.2, 0) is 12.2 Å². The van der Waals surface area contributed by atoms with Crippen molar-refractivity contribution in [2.75, 3.05) is 20.0 Å². The normalized spacial score (nSPS) is 15.4. The molecule has 112 valence electrons. The van der Waals surface area contributed by atoms with Gasteiger partial charge in [-0.05, 0) is 41.5 Å². The van der Waals surface area contributed by atoms with Gasteiger partial charge in [0.15, 0.2) is 0 Å². The molecule has 0 aliphatic carbocycles. The molecule has 3 nitrogen and oxygen atoms in total. The lowest BCUT2D eigenvalue weighted by Gasteiger charge is -2.12. The lowest BCUT2D eigenvalue weighted by Crippen LogP contribution is -1.99. The molecule has 0 saturated carbocycles. The van der Waals surface area contributed by atoms with Crippen molar-refractivity contribution in [3.63, 3.8) is 0 Å². The molecule has 1 N–H and O–H groups in total. The van der Waals surface area contributed by atoms with Gasteiger partial charge in [-0.2, -0.15) is 11.8 Å². The number of ether oxygens (including phenoxy) is 2. The number of fused-ring (bicyclic) bond motifs is 1. The maximum atomic E-state index is 10.7. The van der Waals surface area contributed by atoms with E-state index in [0.717, 1.165) is 22.6 Å². The van der Waals surface area contributed by atoms with Crippen LogP contribution in [0, 0.1) is 0 Å². The summed E-state index contributed by atoms with van der Waals surface area (Å²) in [6.45, 7) is 0. The Hall–Kier alpha value is -1.17. The van der Waals surface area contributed by atoms with Crippen LogP contribution in [0.15, 0.2) is 24.3 Å². The summed E-state index contributed by atoms with van der Waals surface area (Å²) < 4.78 is 10.5. The third-order valence-corrected chi connectivity index (χ3v) is 5.90. The Labute approximate surface area is 132 Å². The number of methoxy groups -OCH3 is 2. The number of thioether (sulfide) groups is 1. The molecule has 1 aromatic heterocycles. The van der Waals surface area contributed by atoms with E-state index in [2.05, 4.69) is 6.07 Å². The van der Waals surface area contributed by atoms with Gasteiger partial charge in [0.1, 0.15) is 17.6 Å². The van der Waals surface area contributed by atoms with E-state index in [-0.39, 0.29) is 0 Å². The average Bonchev–Trinajstić information content (AvgIpc) is 2.97. The SMILES string of the molecule is COc1cc(OC)cc(C(O)c2cc3c(s2)CCSC3)c1. The average molecular weight is 322 g/mol. The second kappa shape index (κ2) is 6.30. The maximum absolute atomic E-state index is 10.7. The van der Waals surface area contributed by atoms with Crippen molar-refractivity contribution >= 4 is 23.1 Å². The van der Waals surface area contributed by atoms with Crippen LogP contribution in [0.1, 0.15) is 27.0 Å². The fourth-order valence-electron chi connectivity index (χ4n) is 2.46. The monoisotopic (exact) mass is 322 g/mol. The molecule has 1 aromatic carbocycles. The topological polar surface area (TPSA) is 38.7 Å². The summed E-state index contributed by atoms with van der Waals surface area (Å²) in [5.74, 6) is 3.62. The highest BCUT2D eigenvalue weighted by molar-refractivity contribution is 7.98. The Bertz CT molecular complexity index is 591. The lowest BCUT2D eigenvalue weighted by atomic mass is 10.1. The zero-order valence-corrected chi connectivity index (χ0v) is 13.7. The van der Waals surface area contributed by atoms with E-state index in [1.54, 1.807) is 25.6 Å². The maximum Gasteiger partial charge on any atom is 0.122 e. The summed E-state index contributed by atoms with van der Waals surface area (Å²) >= 11 is 3.68. The number of hydrogen-bond donors (Lipinski definition) is 1. The first-order valence-electron chi connectivity index (χ1n) is 6.81. The van der Waals surface area contributed by atoms with E-state index in [0.29, 0.717) is 11.5 Å². The molecule has 0 amide bonds. The Balaban J connectivity index is 1.93. The van der Waals surface area contributed by atoms with Crippen molar-refractivity contribution < 1.29 is 14.6 Å². The summed E-state index contributed by atoms with van der Waals surface area (Å²) in [6.07, 6.45) is 0.480. The molecule has 1 aliphatic heterocycles. The van der Waals surface area contributed by atoms with Crippen molar-refractivity contribution in [1.82, 2.24) is 0 Å². The van der Waals surface area contributed by atoms with E-state index in [1.165, 1.54) is 16.2 Å². The van der Waals surface area contributed by atoms with Crippen LogP contribution in [0.3, 0.4) is 0 Å². The number of aliphatic hydroxyl groups is 1. The molecular formula is C16H18O3S2. The van der Waals surface area contributed by atoms with Crippen molar-refractivity contribution in [3.8, 4) is 11.5 Å². The predicted molar refractivity (Wildman–Crippen MR) is 87.8 cm³/mol. The van der Waals surface area contributed by atoms with Crippen LogP contribution >= 0.6 is 23.1 Å². The van der Waals surface area contributed by atoms with Crippen LogP contribution in [0.5, 0.6) is 11.5 Å². The highest BCUT2D eigenvalue weighted by atomic mass is 32.2. The molecule has 0 saturated heterocycles. The first kappa shape index (κ1) is 14.8. The quantitative estimate of drug-likeness (QED) is 0.933. The van der Waals surface area contributed by atoms with Crippen molar-refractivity contribution in [2.24, 2.45) is 0 Å². The Morgan fingerprint density at radius 1 is 1.10 bits per heavy atom. The molecule has 0 bridgehead atoms. The standard InChI is InChI=1S/C16H18O3S2/c1-18-12-5-10(6-13(8-12)19-2)16(17)15-7-11-9-20-4-3-14(11)21-15/h5-8,16-17H,3-4,9H2,1-2H3. The molecule has 2 heterocycles. The van der Waals surface area contributed by atoms with Crippen LogP contribution in [0.4, 0.5) is 0 Å². The zero-order chi connectivity index (χ0) is 14.8. The van der Waals surface area contributed by atoms with E-state index in [4.69, 9.17) is 9.47 Å². The molecule has 3 rings (SSSR count). The van der Waals surface area contributed by atoms with Crippen LogP contribution in [0.2, 0.25) is 0 Å². The number of hydrogen-bond acceptors (Lipinski definition) is 5. The van der Waals surface area contributed by atoms with Gasteiger partial charge in [-0.3, -0.25) is 0 Å². The highest BCUT2D eigenvalue weighted by Gasteiger charge is 2.20. The van der Waals surface area contributed by atoms with Crippen molar-refractivity contribution in [2.45, 2.75) is 18.3 Å². The Kier molecular flexibility index (Phi) is 4.42. The van der Waals surface area contributed by atoms with Crippen LogP contribution < -0.4 is 9.47 Å². The summed E-state index contributed by atoms with van der Waals surface area (Å²) in [7, 11) is 3.23.